The number of carbonyl (C=O) groups excluding carboxylic acids is 1. The number of alkyl halides is 1. The van der Waals surface area contributed by atoms with Crippen LogP contribution in [0.5, 0.6) is 0 Å². The lowest BCUT2D eigenvalue weighted by molar-refractivity contribution is 0.142. The number of ether oxygens (including phenoxy) is 1. The van der Waals surface area contributed by atoms with Crippen LogP contribution in [0.1, 0.15) is 11.3 Å². The van der Waals surface area contributed by atoms with Crippen molar-refractivity contribution >= 4 is 28.7 Å². The summed E-state index contributed by atoms with van der Waals surface area (Å²) in [6.45, 7) is -0.0899. The molecule has 2 aromatic rings. The molecule has 1 heterocycles. The summed E-state index contributed by atoms with van der Waals surface area (Å²) in [5.41, 5.74) is 5.87. The maximum Gasteiger partial charge on any atom is 0.404 e. The Hall–Kier alpha value is -1.75. The first-order valence-corrected chi connectivity index (χ1v) is 5.32. The Morgan fingerprint density at radius 3 is 2.88 bits per heavy atom. The highest BCUT2D eigenvalue weighted by atomic mass is 35.5. The van der Waals surface area contributed by atoms with Gasteiger partial charge in [-0.3, -0.25) is 0 Å². The lowest BCUT2D eigenvalue weighted by Gasteiger charge is -1.98. The maximum absolute atomic E-state index is 13.2. The lowest BCUT2D eigenvalue weighted by atomic mass is 10.1. The predicted molar refractivity (Wildman–Crippen MR) is 60.1 cm³/mol. The topological polar surface area (TPSA) is 65.5 Å². The molecule has 0 spiro atoms. The molecule has 90 valence electrons. The molecule has 1 aromatic heterocycles. The Labute approximate surface area is 101 Å². The lowest BCUT2D eigenvalue weighted by Crippen LogP contribution is -2.12. The average Bonchev–Trinajstić information content (AvgIpc) is 2.67. The van der Waals surface area contributed by atoms with Gasteiger partial charge in [-0.2, -0.15) is 0 Å². The van der Waals surface area contributed by atoms with Gasteiger partial charge in [-0.1, -0.05) is 0 Å². The van der Waals surface area contributed by atoms with Crippen molar-refractivity contribution in [1.29, 1.82) is 0 Å². The van der Waals surface area contributed by atoms with E-state index in [2.05, 4.69) is 4.74 Å². The number of hydrogen-bond acceptors (Lipinski definition) is 3. The molecular formula is C11H9ClFNO3. The van der Waals surface area contributed by atoms with E-state index in [0.29, 0.717) is 22.3 Å². The van der Waals surface area contributed by atoms with Gasteiger partial charge < -0.3 is 14.9 Å². The van der Waals surface area contributed by atoms with E-state index in [1.807, 2.05) is 0 Å². The number of nitrogens with two attached hydrogens (primary N) is 1. The molecule has 4 nitrogen and oxygen atoms in total. The van der Waals surface area contributed by atoms with Crippen molar-refractivity contribution in [3.8, 4) is 0 Å². The number of halogens is 2. The summed E-state index contributed by atoms with van der Waals surface area (Å²) in [6.07, 6.45) is -0.894. The first-order chi connectivity index (χ1) is 8.10. The Kier molecular flexibility index (Phi) is 3.19. The van der Waals surface area contributed by atoms with Crippen molar-refractivity contribution in [2.24, 2.45) is 5.73 Å². The summed E-state index contributed by atoms with van der Waals surface area (Å²) >= 11 is 5.68. The fourth-order valence-corrected chi connectivity index (χ4v) is 1.75. The SMILES string of the molecule is NC(=O)OCc1cc2cc(F)cc(CCl)c2o1. The highest BCUT2D eigenvalue weighted by Gasteiger charge is 2.11. The summed E-state index contributed by atoms with van der Waals surface area (Å²) in [6, 6.07) is 4.21. The molecule has 0 aliphatic rings. The van der Waals surface area contributed by atoms with Gasteiger partial charge in [-0.15, -0.1) is 11.6 Å². The molecule has 0 bridgehead atoms. The number of rotatable bonds is 3. The van der Waals surface area contributed by atoms with Crippen molar-refractivity contribution < 1.29 is 18.3 Å². The van der Waals surface area contributed by atoms with Gasteiger partial charge in [-0.25, -0.2) is 9.18 Å². The van der Waals surface area contributed by atoms with E-state index in [4.69, 9.17) is 21.8 Å². The quantitative estimate of drug-likeness (QED) is 0.860. The van der Waals surface area contributed by atoms with Gasteiger partial charge in [0, 0.05) is 10.9 Å². The minimum absolute atomic E-state index is 0.0899. The molecule has 17 heavy (non-hydrogen) atoms. The van der Waals surface area contributed by atoms with E-state index in [0.717, 1.165) is 0 Å². The Bertz CT molecular complexity index is 567. The molecule has 0 aliphatic heterocycles. The third-order valence-corrected chi connectivity index (χ3v) is 2.50. The van der Waals surface area contributed by atoms with Crippen LogP contribution in [0, 0.1) is 5.82 Å². The van der Waals surface area contributed by atoms with Gasteiger partial charge in [0.1, 0.15) is 17.2 Å². The van der Waals surface area contributed by atoms with E-state index in [1.54, 1.807) is 6.07 Å². The molecule has 0 aliphatic carbocycles. The minimum atomic E-state index is -0.894. The van der Waals surface area contributed by atoms with Crippen LogP contribution < -0.4 is 5.73 Å². The van der Waals surface area contributed by atoms with E-state index < -0.39 is 11.9 Å². The second kappa shape index (κ2) is 4.63. The smallest absolute Gasteiger partial charge is 0.404 e. The van der Waals surface area contributed by atoms with Crippen LogP contribution in [0.25, 0.3) is 11.0 Å². The largest absolute Gasteiger partial charge is 0.457 e. The molecule has 0 saturated heterocycles. The zero-order valence-corrected chi connectivity index (χ0v) is 9.46. The molecule has 1 amide bonds. The van der Waals surface area contributed by atoms with E-state index in [1.165, 1.54) is 12.1 Å². The average molecular weight is 258 g/mol. The first-order valence-electron chi connectivity index (χ1n) is 4.79. The second-order valence-corrected chi connectivity index (χ2v) is 3.70. The van der Waals surface area contributed by atoms with Crippen LogP contribution in [0.2, 0.25) is 0 Å². The molecule has 0 unspecified atom stereocenters. The second-order valence-electron chi connectivity index (χ2n) is 3.44. The third-order valence-electron chi connectivity index (χ3n) is 2.21. The number of hydrogen-bond donors (Lipinski definition) is 1. The fraction of sp³-hybridized carbons (Fsp3) is 0.182. The van der Waals surface area contributed by atoms with Crippen LogP contribution >= 0.6 is 11.6 Å². The number of primary amides is 1. The van der Waals surface area contributed by atoms with Crippen LogP contribution in [-0.4, -0.2) is 6.09 Å². The van der Waals surface area contributed by atoms with Gasteiger partial charge in [0.25, 0.3) is 0 Å². The summed E-state index contributed by atoms with van der Waals surface area (Å²) in [5.74, 6) is 0.129. The minimum Gasteiger partial charge on any atom is -0.457 e. The van der Waals surface area contributed by atoms with Gasteiger partial charge in [0.05, 0.1) is 5.88 Å². The van der Waals surface area contributed by atoms with Crippen LogP contribution in [0.15, 0.2) is 22.6 Å². The molecule has 0 fully saturated rings. The number of amides is 1. The third kappa shape index (κ3) is 2.50. The zero-order chi connectivity index (χ0) is 12.4. The monoisotopic (exact) mass is 257 g/mol. The van der Waals surface area contributed by atoms with Gasteiger partial charge in [-0.05, 0) is 18.2 Å². The molecule has 2 rings (SSSR count). The molecule has 0 radical (unpaired) electrons. The number of benzene rings is 1. The molecule has 6 heteroatoms. The number of furan rings is 1. The Morgan fingerprint density at radius 2 is 2.24 bits per heavy atom. The predicted octanol–water partition coefficient (Wildman–Crippen LogP) is 2.91. The van der Waals surface area contributed by atoms with Gasteiger partial charge in [0.2, 0.25) is 0 Å². The summed E-state index contributed by atoms with van der Waals surface area (Å²) in [7, 11) is 0. The molecule has 1 aromatic carbocycles. The van der Waals surface area contributed by atoms with Crippen LogP contribution in [-0.2, 0) is 17.2 Å². The van der Waals surface area contributed by atoms with Crippen LogP contribution in [0.4, 0.5) is 9.18 Å². The molecule has 0 atom stereocenters. The van der Waals surface area contributed by atoms with Gasteiger partial charge >= 0.3 is 6.09 Å². The van der Waals surface area contributed by atoms with Gasteiger partial charge in [0.15, 0.2) is 6.61 Å². The van der Waals surface area contributed by atoms with Crippen molar-refractivity contribution in [3.63, 3.8) is 0 Å². The standard InChI is InChI=1S/C11H9ClFNO3/c12-4-7-2-8(13)1-6-3-9(17-10(6)7)5-16-11(14)15/h1-3H,4-5H2,(H2,14,15). The maximum atomic E-state index is 13.2. The van der Waals surface area contributed by atoms with Crippen LogP contribution in [0.3, 0.4) is 0 Å². The van der Waals surface area contributed by atoms with E-state index in [9.17, 15) is 9.18 Å². The van der Waals surface area contributed by atoms with Crippen molar-refractivity contribution in [1.82, 2.24) is 0 Å². The first kappa shape index (κ1) is 11.7. The van der Waals surface area contributed by atoms with Crippen molar-refractivity contribution in [2.75, 3.05) is 0 Å². The van der Waals surface area contributed by atoms with E-state index in [-0.39, 0.29) is 12.5 Å². The summed E-state index contributed by atoms with van der Waals surface area (Å²) < 4.78 is 23.2. The Balaban J connectivity index is 2.39. The summed E-state index contributed by atoms with van der Waals surface area (Å²) in [4.78, 5) is 10.4. The van der Waals surface area contributed by atoms with Crippen molar-refractivity contribution in [3.05, 3.63) is 35.3 Å². The number of fused-ring (bicyclic) bond motifs is 1. The molecule has 0 saturated carbocycles. The van der Waals surface area contributed by atoms with Crippen molar-refractivity contribution in [2.45, 2.75) is 12.5 Å². The molecule has 2 N–H and O–H groups in total. The fourth-order valence-electron chi connectivity index (χ4n) is 1.55. The highest BCUT2D eigenvalue weighted by Crippen LogP contribution is 2.26. The van der Waals surface area contributed by atoms with E-state index >= 15 is 0 Å². The summed E-state index contributed by atoms with van der Waals surface area (Å²) in [5, 5.41) is 0.573. The molecular weight excluding hydrogens is 249 g/mol. The Morgan fingerprint density at radius 1 is 1.47 bits per heavy atom. The highest BCUT2D eigenvalue weighted by molar-refractivity contribution is 6.17. The normalized spacial score (nSPS) is 10.7. The zero-order valence-electron chi connectivity index (χ0n) is 8.70. The number of carbonyl (C=O) groups is 1.